The minimum absolute atomic E-state index is 0.142. The van der Waals surface area contributed by atoms with E-state index in [1.807, 2.05) is 0 Å². The smallest absolute Gasteiger partial charge is 0.302 e. The molecule has 2 atom stereocenters. The van der Waals surface area contributed by atoms with Crippen molar-refractivity contribution in [2.45, 2.75) is 31.6 Å². The number of fused-ring (bicyclic) bond motifs is 1. The number of hydrogen-bond acceptors (Lipinski definition) is 7. The molecule has 2 aromatic rings. The van der Waals surface area contributed by atoms with Crippen LogP contribution >= 0.6 is 0 Å². The van der Waals surface area contributed by atoms with Gasteiger partial charge in [-0.2, -0.15) is 5.26 Å². The Balaban J connectivity index is 1.89. The zero-order valence-corrected chi connectivity index (χ0v) is 11.8. The average molecular weight is 303 g/mol. The molecular weight excluding hydrogens is 290 g/mol. The second-order valence-electron chi connectivity index (χ2n) is 5.05. The summed E-state index contributed by atoms with van der Waals surface area (Å²) in [6.45, 7) is 1.13. The zero-order valence-electron chi connectivity index (χ0n) is 11.8. The molecule has 22 heavy (non-hydrogen) atoms. The van der Waals surface area contributed by atoms with Crippen LogP contribution in [0.2, 0.25) is 0 Å². The van der Waals surface area contributed by atoms with E-state index in [0.29, 0.717) is 18.5 Å². The van der Waals surface area contributed by atoms with Crippen LogP contribution in [0.5, 0.6) is 0 Å². The van der Waals surface area contributed by atoms with Crippen LogP contribution in [0.25, 0.3) is 11.2 Å². The molecule has 0 aliphatic carbocycles. The highest BCUT2D eigenvalue weighted by atomic mass is 16.6. The molecule has 0 unspecified atom stereocenters. The largest absolute Gasteiger partial charge is 0.462 e. The summed E-state index contributed by atoms with van der Waals surface area (Å²) in [7, 11) is 0. The first-order valence-corrected chi connectivity index (χ1v) is 6.67. The maximum Gasteiger partial charge on any atom is 0.302 e. The second-order valence-corrected chi connectivity index (χ2v) is 5.05. The molecule has 1 N–H and O–H groups in total. The molecule has 0 bridgehead atoms. The van der Waals surface area contributed by atoms with E-state index in [2.05, 4.69) is 21.0 Å². The Kier molecular flexibility index (Phi) is 3.38. The minimum atomic E-state index is -1.21. The number of carbonyl (C=O) groups excluding carboxylic acids is 1. The van der Waals surface area contributed by atoms with Gasteiger partial charge in [0.2, 0.25) is 0 Å². The van der Waals surface area contributed by atoms with Crippen molar-refractivity contribution >= 4 is 17.1 Å². The lowest BCUT2D eigenvalue weighted by atomic mass is 10.0. The molecule has 9 nitrogen and oxygen atoms in total. The average Bonchev–Trinajstić information content (AvgIpc) is 3.10. The van der Waals surface area contributed by atoms with E-state index in [1.165, 1.54) is 19.6 Å². The van der Waals surface area contributed by atoms with Crippen LogP contribution in [-0.4, -0.2) is 37.7 Å². The maximum atomic E-state index is 11.9. The van der Waals surface area contributed by atoms with Crippen LogP contribution in [0.15, 0.2) is 17.4 Å². The van der Waals surface area contributed by atoms with E-state index in [9.17, 15) is 14.9 Å². The van der Waals surface area contributed by atoms with E-state index in [4.69, 9.17) is 9.47 Å². The maximum absolute atomic E-state index is 11.9. The number of aromatic nitrogens is 4. The Labute approximate surface area is 124 Å². The highest BCUT2D eigenvalue weighted by molar-refractivity contribution is 5.69. The topological polar surface area (TPSA) is 123 Å². The van der Waals surface area contributed by atoms with Crippen molar-refractivity contribution < 1.29 is 14.3 Å². The van der Waals surface area contributed by atoms with E-state index in [-0.39, 0.29) is 17.7 Å². The summed E-state index contributed by atoms with van der Waals surface area (Å²) >= 11 is 0. The number of esters is 1. The quantitative estimate of drug-likeness (QED) is 0.806. The van der Waals surface area contributed by atoms with Crippen LogP contribution in [0, 0.1) is 11.3 Å². The van der Waals surface area contributed by atoms with E-state index in [0.717, 1.165) is 0 Å². The van der Waals surface area contributed by atoms with Crippen LogP contribution < -0.4 is 5.56 Å². The van der Waals surface area contributed by atoms with E-state index < -0.39 is 17.8 Å². The van der Waals surface area contributed by atoms with Crippen molar-refractivity contribution in [3.63, 3.8) is 0 Å². The number of aromatic amines is 1. The molecule has 1 aliphatic heterocycles. The predicted octanol–water partition coefficient (Wildman–Crippen LogP) is 0.254. The zero-order chi connectivity index (χ0) is 15.7. The fourth-order valence-electron chi connectivity index (χ4n) is 2.47. The summed E-state index contributed by atoms with van der Waals surface area (Å²) in [4.78, 5) is 33.4. The van der Waals surface area contributed by atoms with Crippen molar-refractivity contribution in [3.05, 3.63) is 23.0 Å². The number of nitrogens with one attached hydrogen (secondary N) is 1. The number of carbonyl (C=O) groups is 1. The van der Waals surface area contributed by atoms with Gasteiger partial charge in [-0.05, 0) is 12.8 Å². The van der Waals surface area contributed by atoms with E-state index in [1.54, 1.807) is 4.57 Å². The first kappa shape index (κ1) is 14.2. The third kappa shape index (κ3) is 2.33. The van der Waals surface area contributed by atoms with Gasteiger partial charge in [-0.3, -0.25) is 14.2 Å². The lowest BCUT2D eigenvalue weighted by Crippen LogP contribution is -2.33. The lowest BCUT2D eigenvalue weighted by Gasteiger charge is -2.21. The molecule has 3 rings (SSSR count). The number of imidazole rings is 1. The van der Waals surface area contributed by atoms with Gasteiger partial charge in [0.05, 0.1) is 12.7 Å². The van der Waals surface area contributed by atoms with Crippen LogP contribution in [0.4, 0.5) is 0 Å². The molecule has 0 radical (unpaired) electrons. The Bertz CT molecular complexity index is 820. The Morgan fingerprint density at radius 1 is 1.68 bits per heavy atom. The Morgan fingerprint density at radius 3 is 3.23 bits per heavy atom. The van der Waals surface area contributed by atoms with Crippen molar-refractivity contribution in [3.8, 4) is 6.07 Å². The molecule has 0 amide bonds. The molecule has 1 fully saturated rings. The normalized spacial score (nSPS) is 24.3. The Hall–Kier alpha value is -2.73. The van der Waals surface area contributed by atoms with Crippen molar-refractivity contribution in [1.29, 1.82) is 5.26 Å². The third-order valence-electron chi connectivity index (χ3n) is 3.55. The minimum Gasteiger partial charge on any atom is -0.462 e. The number of ether oxygens (including phenoxy) is 2. The third-order valence-corrected chi connectivity index (χ3v) is 3.55. The molecule has 9 heteroatoms. The Morgan fingerprint density at radius 2 is 2.50 bits per heavy atom. The highest BCUT2D eigenvalue weighted by Crippen LogP contribution is 2.37. The van der Waals surface area contributed by atoms with Gasteiger partial charge in [0.15, 0.2) is 16.8 Å². The summed E-state index contributed by atoms with van der Waals surface area (Å²) in [6.07, 6.45) is 3.08. The fraction of sp³-hybridized carbons (Fsp3) is 0.462. The van der Waals surface area contributed by atoms with Gasteiger partial charge in [-0.25, -0.2) is 9.97 Å². The van der Waals surface area contributed by atoms with Crippen LogP contribution in [0.1, 0.15) is 26.0 Å². The summed E-state index contributed by atoms with van der Waals surface area (Å²) in [6, 6.07) is 2.05. The first-order valence-electron chi connectivity index (χ1n) is 6.67. The SMILES string of the molecule is CC(=O)OC[C@@]1(C#N)CC[C@H](n2cnc3nc[nH]c(=O)c32)O1. The fourth-order valence-corrected chi connectivity index (χ4v) is 2.47. The van der Waals surface area contributed by atoms with Gasteiger partial charge in [-0.1, -0.05) is 0 Å². The molecule has 0 spiro atoms. The van der Waals surface area contributed by atoms with Crippen molar-refractivity contribution in [1.82, 2.24) is 19.5 Å². The van der Waals surface area contributed by atoms with Crippen molar-refractivity contribution in [2.75, 3.05) is 6.61 Å². The molecule has 2 aromatic heterocycles. The van der Waals surface area contributed by atoms with Crippen LogP contribution in [0.3, 0.4) is 0 Å². The summed E-state index contributed by atoms with van der Waals surface area (Å²) in [5.74, 6) is -0.476. The van der Waals surface area contributed by atoms with Gasteiger partial charge >= 0.3 is 5.97 Å². The van der Waals surface area contributed by atoms with E-state index >= 15 is 0 Å². The number of nitrogens with zero attached hydrogens (tertiary/aromatic N) is 4. The predicted molar refractivity (Wildman–Crippen MR) is 72.5 cm³/mol. The van der Waals surface area contributed by atoms with Crippen LogP contribution in [-0.2, 0) is 14.3 Å². The molecule has 1 aliphatic rings. The number of rotatable bonds is 3. The van der Waals surface area contributed by atoms with Crippen molar-refractivity contribution in [2.24, 2.45) is 0 Å². The summed E-state index contributed by atoms with van der Waals surface area (Å²) < 4.78 is 12.2. The molecule has 0 saturated carbocycles. The first-order chi connectivity index (χ1) is 10.5. The molecule has 1 saturated heterocycles. The van der Waals surface area contributed by atoms with Gasteiger partial charge in [0.1, 0.15) is 18.9 Å². The molecule has 114 valence electrons. The van der Waals surface area contributed by atoms with Gasteiger partial charge in [0, 0.05) is 6.92 Å². The number of H-pyrrole nitrogens is 1. The van der Waals surface area contributed by atoms with Gasteiger partial charge in [-0.15, -0.1) is 0 Å². The number of hydrogen-bond donors (Lipinski definition) is 1. The monoisotopic (exact) mass is 303 g/mol. The van der Waals surface area contributed by atoms with Gasteiger partial charge < -0.3 is 14.5 Å². The lowest BCUT2D eigenvalue weighted by molar-refractivity contribution is -0.149. The highest BCUT2D eigenvalue weighted by Gasteiger charge is 2.43. The van der Waals surface area contributed by atoms with Gasteiger partial charge in [0.25, 0.3) is 5.56 Å². The molecule has 0 aromatic carbocycles. The number of nitriles is 1. The second kappa shape index (κ2) is 5.23. The molecule has 3 heterocycles. The standard InChI is InChI=1S/C13H13N5O4/c1-8(19)21-5-13(4-14)3-2-9(22-13)18-7-17-11-10(18)12(20)16-6-15-11/h6-7,9H,2-3,5H2,1H3,(H,15,16,20)/t9-,13+/m1/s1. The summed E-state index contributed by atoms with van der Waals surface area (Å²) in [5.41, 5.74) is -0.946. The summed E-state index contributed by atoms with van der Waals surface area (Å²) in [5, 5.41) is 9.34. The molecular formula is C13H13N5O4.